The van der Waals surface area contributed by atoms with Gasteiger partial charge < -0.3 is 24.4 Å². The summed E-state index contributed by atoms with van der Waals surface area (Å²) in [4.78, 5) is 29.7. The van der Waals surface area contributed by atoms with E-state index in [0.29, 0.717) is 49.7 Å². The van der Waals surface area contributed by atoms with Gasteiger partial charge in [-0.05, 0) is 49.6 Å². The summed E-state index contributed by atoms with van der Waals surface area (Å²) in [6.45, 7) is 4.90. The number of carbonyl (C=O) groups excluding carboxylic acids is 2. The first-order chi connectivity index (χ1) is 16.0. The number of hydrogen-bond donors (Lipinski definition) is 1. The SMILES string of the molecule is COc1ccc(CCC(=O)N2CCCN(C(C)C(=O)Nc3ccc4c(c3)OCO4)CC2)cc1. The van der Waals surface area contributed by atoms with Gasteiger partial charge in [0.1, 0.15) is 5.75 Å². The Morgan fingerprint density at radius 3 is 2.61 bits per heavy atom. The molecular formula is C25H31N3O5. The van der Waals surface area contributed by atoms with E-state index in [1.807, 2.05) is 42.2 Å². The van der Waals surface area contributed by atoms with E-state index in [1.165, 1.54) is 0 Å². The Hall–Kier alpha value is -3.26. The minimum Gasteiger partial charge on any atom is -0.497 e. The monoisotopic (exact) mass is 453 g/mol. The molecule has 0 bridgehead atoms. The van der Waals surface area contributed by atoms with Crippen LogP contribution < -0.4 is 19.5 Å². The van der Waals surface area contributed by atoms with E-state index in [1.54, 1.807) is 19.2 Å². The van der Waals surface area contributed by atoms with Crippen molar-refractivity contribution in [2.75, 3.05) is 45.4 Å². The number of ether oxygens (including phenoxy) is 3. The molecule has 1 saturated heterocycles. The van der Waals surface area contributed by atoms with Gasteiger partial charge in [-0.2, -0.15) is 0 Å². The van der Waals surface area contributed by atoms with Gasteiger partial charge in [0.05, 0.1) is 13.2 Å². The molecule has 33 heavy (non-hydrogen) atoms. The van der Waals surface area contributed by atoms with Gasteiger partial charge in [0.15, 0.2) is 11.5 Å². The molecule has 2 aromatic carbocycles. The second kappa shape index (κ2) is 10.6. The number of methoxy groups -OCH3 is 1. The van der Waals surface area contributed by atoms with E-state index in [-0.39, 0.29) is 24.6 Å². The summed E-state index contributed by atoms with van der Waals surface area (Å²) < 4.78 is 15.9. The topological polar surface area (TPSA) is 80.3 Å². The largest absolute Gasteiger partial charge is 0.497 e. The summed E-state index contributed by atoms with van der Waals surface area (Å²) in [5, 5.41) is 2.96. The molecule has 1 unspecified atom stereocenters. The molecule has 2 aromatic rings. The maximum Gasteiger partial charge on any atom is 0.241 e. The van der Waals surface area contributed by atoms with Gasteiger partial charge >= 0.3 is 0 Å². The molecule has 1 fully saturated rings. The molecule has 4 rings (SSSR count). The zero-order valence-electron chi connectivity index (χ0n) is 19.2. The minimum atomic E-state index is -0.301. The van der Waals surface area contributed by atoms with Crippen LogP contribution in [0.3, 0.4) is 0 Å². The lowest BCUT2D eigenvalue weighted by Crippen LogP contribution is -2.44. The van der Waals surface area contributed by atoms with Crippen molar-refractivity contribution in [3.05, 3.63) is 48.0 Å². The average molecular weight is 454 g/mol. The fraction of sp³-hybridized carbons (Fsp3) is 0.440. The first kappa shape index (κ1) is 22.9. The van der Waals surface area contributed by atoms with E-state index in [2.05, 4.69) is 10.2 Å². The van der Waals surface area contributed by atoms with E-state index < -0.39 is 0 Å². The highest BCUT2D eigenvalue weighted by Crippen LogP contribution is 2.34. The van der Waals surface area contributed by atoms with Crippen molar-refractivity contribution in [1.29, 1.82) is 0 Å². The lowest BCUT2D eigenvalue weighted by molar-refractivity contribution is -0.131. The third kappa shape index (κ3) is 5.76. The highest BCUT2D eigenvalue weighted by molar-refractivity contribution is 5.94. The molecule has 2 aliphatic heterocycles. The summed E-state index contributed by atoms with van der Waals surface area (Å²) in [6, 6.07) is 12.9. The standard InChI is InChI=1S/C25H31N3O5/c1-18(25(30)26-20-7-10-22-23(16-20)33-17-32-22)27-12-3-13-28(15-14-27)24(29)11-6-19-4-8-21(31-2)9-5-19/h4-5,7-10,16,18H,3,6,11-15,17H2,1-2H3,(H,26,30). The smallest absolute Gasteiger partial charge is 0.241 e. The van der Waals surface area contributed by atoms with Crippen LogP contribution >= 0.6 is 0 Å². The van der Waals surface area contributed by atoms with Crippen LogP contribution in [0.4, 0.5) is 5.69 Å². The first-order valence-corrected chi connectivity index (χ1v) is 11.4. The van der Waals surface area contributed by atoms with Crippen LogP contribution in [0.15, 0.2) is 42.5 Å². The first-order valence-electron chi connectivity index (χ1n) is 11.4. The lowest BCUT2D eigenvalue weighted by Gasteiger charge is -2.27. The van der Waals surface area contributed by atoms with Crippen molar-refractivity contribution in [3.63, 3.8) is 0 Å². The molecular weight excluding hydrogens is 422 g/mol. The van der Waals surface area contributed by atoms with Gasteiger partial charge in [-0.25, -0.2) is 0 Å². The number of nitrogens with one attached hydrogen (secondary N) is 1. The van der Waals surface area contributed by atoms with Crippen molar-refractivity contribution >= 4 is 17.5 Å². The number of nitrogens with zero attached hydrogens (tertiary/aromatic N) is 2. The lowest BCUT2D eigenvalue weighted by atomic mass is 10.1. The molecule has 2 amide bonds. The van der Waals surface area contributed by atoms with Crippen LogP contribution in [0.25, 0.3) is 0 Å². The van der Waals surface area contributed by atoms with Crippen LogP contribution in [-0.4, -0.2) is 67.7 Å². The van der Waals surface area contributed by atoms with Crippen LogP contribution in [0.5, 0.6) is 17.2 Å². The predicted octanol–water partition coefficient (Wildman–Crippen LogP) is 2.92. The van der Waals surface area contributed by atoms with E-state index in [9.17, 15) is 9.59 Å². The van der Waals surface area contributed by atoms with Crippen molar-refractivity contribution < 1.29 is 23.8 Å². The van der Waals surface area contributed by atoms with Crippen LogP contribution in [0, 0.1) is 0 Å². The van der Waals surface area contributed by atoms with E-state index in [0.717, 1.165) is 24.3 Å². The molecule has 2 aliphatic rings. The van der Waals surface area contributed by atoms with Crippen LogP contribution in [0.1, 0.15) is 25.3 Å². The molecule has 1 atom stereocenters. The zero-order valence-corrected chi connectivity index (χ0v) is 19.2. The summed E-state index contributed by atoms with van der Waals surface area (Å²) in [6.07, 6.45) is 2.03. The quantitative estimate of drug-likeness (QED) is 0.695. The zero-order chi connectivity index (χ0) is 23.2. The molecule has 2 heterocycles. The Balaban J connectivity index is 1.25. The molecule has 0 aromatic heterocycles. The molecule has 1 N–H and O–H groups in total. The predicted molar refractivity (Wildman–Crippen MR) is 125 cm³/mol. The maximum atomic E-state index is 12.8. The molecule has 0 saturated carbocycles. The van der Waals surface area contributed by atoms with Gasteiger partial charge in [-0.15, -0.1) is 0 Å². The third-order valence-electron chi connectivity index (χ3n) is 6.24. The normalized spacial score (nSPS) is 16.7. The molecule has 0 spiro atoms. The highest BCUT2D eigenvalue weighted by Gasteiger charge is 2.26. The molecule has 8 heteroatoms. The minimum absolute atomic E-state index is 0.0758. The number of anilines is 1. The Bertz CT molecular complexity index is 979. The van der Waals surface area contributed by atoms with Gasteiger partial charge in [0.2, 0.25) is 18.6 Å². The van der Waals surface area contributed by atoms with Crippen LogP contribution in [-0.2, 0) is 16.0 Å². The molecule has 176 valence electrons. The number of aryl methyl sites for hydroxylation is 1. The number of hydrogen-bond acceptors (Lipinski definition) is 6. The summed E-state index contributed by atoms with van der Waals surface area (Å²) in [5.74, 6) is 2.22. The second-order valence-corrected chi connectivity index (χ2v) is 8.35. The Labute approximate surface area is 194 Å². The Morgan fingerprint density at radius 2 is 1.82 bits per heavy atom. The Kier molecular flexibility index (Phi) is 7.34. The van der Waals surface area contributed by atoms with Crippen molar-refractivity contribution in [2.24, 2.45) is 0 Å². The van der Waals surface area contributed by atoms with Crippen molar-refractivity contribution in [2.45, 2.75) is 32.2 Å². The van der Waals surface area contributed by atoms with Gasteiger partial charge in [0, 0.05) is 44.4 Å². The number of carbonyl (C=O) groups is 2. The Morgan fingerprint density at radius 1 is 1.03 bits per heavy atom. The number of benzene rings is 2. The summed E-state index contributed by atoms with van der Waals surface area (Å²) in [7, 11) is 1.64. The maximum absolute atomic E-state index is 12.8. The summed E-state index contributed by atoms with van der Waals surface area (Å²) in [5.41, 5.74) is 1.80. The molecule has 0 aliphatic carbocycles. The van der Waals surface area contributed by atoms with Crippen molar-refractivity contribution in [1.82, 2.24) is 9.80 Å². The van der Waals surface area contributed by atoms with Gasteiger partial charge in [-0.1, -0.05) is 12.1 Å². The molecule has 8 nitrogen and oxygen atoms in total. The third-order valence-corrected chi connectivity index (χ3v) is 6.24. The number of amides is 2. The fourth-order valence-corrected chi connectivity index (χ4v) is 4.16. The summed E-state index contributed by atoms with van der Waals surface area (Å²) >= 11 is 0. The van der Waals surface area contributed by atoms with Gasteiger partial charge in [-0.3, -0.25) is 14.5 Å². The average Bonchev–Trinajstić information content (AvgIpc) is 3.16. The number of fused-ring (bicyclic) bond motifs is 1. The van der Waals surface area contributed by atoms with E-state index in [4.69, 9.17) is 14.2 Å². The van der Waals surface area contributed by atoms with Crippen molar-refractivity contribution in [3.8, 4) is 17.2 Å². The van der Waals surface area contributed by atoms with Gasteiger partial charge in [0.25, 0.3) is 0 Å². The van der Waals surface area contributed by atoms with E-state index >= 15 is 0 Å². The highest BCUT2D eigenvalue weighted by atomic mass is 16.7. The molecule has 0 radical (unpaired) electrons. The second-order valence-electron chi connectivity index (χ2n) is 8.35. The van der Waals surface area contributed by atoms with Crippen LogP contribution in [0.2, 0.25) is 0 Å². The fourth-order valence-electron chi connectivity index (χ4n) is 4.16. The number of rotatable bonds is 7.